The van der Waals surface area contributed by atoms with Crippen molar-refractivity contribution in [2.75, 3.05) is 20.3 Å². The number of nitrogens with one attached hydrogen (secondary N) is 1. The molecule has 1 N–H and O–H groups in total. The summed E-state index contributed by atoms with van der Waals surface area (Å²) in [6.07, 6.45) is 0. The van der Waals surface area contributed by atoms with Gasteiger partial charge in [0.25, 0.3) is 0 Å². The molecule has 0 aromatic rings. The lowest BCUT2D eigenvalue weighted by atomic mass is 10.4. The van der Waals surface area contributed by atoms with Gasteiger partial charge in [-0.05, 0) is 6.92 Å². The van der Waals surface area contributed by atoms with E-state index in [1.165, 1.54) is 0 Å². The van der Waals surface area contributed by atoms with E-state index in [-0.39, 0.29) is 5.25 Å². The highest BCUT2D eigenvalue weighted by Gasteiger charge is 2.22. The topological polar surface area (TPSA) is 50.7 Å². The summed E-state index contributed by atoms with van der Waals surface area (Å²) in [6.45, 7) is 2.91. The van der Waals surface area contributed by atoms with Gasteiger partial charge in [-0.15, -0.1) is 0 Å². The first kappa shape index (κ1) is 8.67. The lowest BCUT2D eigenvalue weighted by molar-refractivity contribution is 0.197. The van der Waals surface area contributed by atoms with Crippen molar-refractivity contribution >= 4 is 15.8 Å². The molecule has 1 aliphatic rings. The second kappa shape index (κ2) is 3.82. The van der Waals surface area contributed by atoms with E-state index in [1.54, 1.807) is 14.0 Å². The molecule has 11 heavy (non-hydrogen) atoms. The van der Waals surface area contributed by atoms with Crippen molar-refractivity contribution < 1.29 is 8.95 Å². The van der Waals surface area contributed by atoms with Crippen molar-refractivity contribution in [2.45, 2.75) is 12.2 Å². The van der Waals surface area contributed by atoms with Gasteiger partial charge in [0.05, 0.1) is 29.2 Å². The molecule has 2 unspecified atom stereocenters. The highest BCUT2D eigenvalue weighted by atomic mass is 32.2. The number of ether oxygens (including phenoxy) is 1. The maximum atomic E-state index is 11.4. The van der Waals surface area contributed by atoms with E-state index in [9.17, 15) is 4.21 Å². The second-order valence-corrected chi connectivity index (χ2v) is 4.22. The average molecular weight is 176 g/mol. The van der Waals surface area contributed by atoms with Crippen LogP contribution >= 0.6 is 0 Å². The SMILES string of the molecule is COCC1CNN=C(C)S1=O. The predicted octanol–water partition coefficient (Wildman–Crippen LogP) is -0.313. The van der Waals surface area contributed by atoms with Crippen LogP contribution in [0.2, 0.25) is 0 Å². The van der Waals surface area contributed by atoms with Gasteiger partial charge in [-0.1, -0.05) is 0 Å². The quantitative estimate of drug-likeness (QED) is 0.627. The van der Waals surface area contributed by atoms with Crippen LogP contribution in [0.3, 0.4) is 0 Å². The van der Waals surface area contributed by atoms with Crippen molar-refractivity contribution in [3.63, 3.8) is 0 Å². The van der Waals surface area contributed by atoms with E-state index in [0.29, 0.717) is 18.2 Å². The van der Waals surface area contributed by atoms with Crippen LogP contribution in [-0.2, 0) is 15.5 Å². The zero-order chi connectivity index (χ0) is 8.27. The molecule has 0 radical (unpaired) electrons. The summed E-state index contributed by atoms with van der Waals surface area (Å²) in [5.74, 6) is 0. The molecule has 0 aliphatic carbocycles. The molecule has 0 fully saturated rings. The number of rotatable bonds is 2. The Balaban J connectivity index is 2.57. The molecule has 2 atom stereocenters. The summed E-state index contributed by atoms with van der Waals surface area (Å²) < 4.78 is 16.3. The van der Waals surface area contributed by atoms with Crippen LogP contribution in [0, 0.1) is 0 Å². The van der Waals surface area contributed by atoms with E-state index >= 15 is 0 Å². The molecule has 5 heteroatoms. The van der Waals surface area contributed by atoms with E-state index < -0.39 is 10.8 Å². The maximum Gasteiger partial charge on any atom is 0.121 e. The third kappa shape index (κ3) is 2.00. The fourth-order valence-electron chi connectivity index (χ4n) is 0.927. The average Bonchev–Trinajstić information content (AvgIpc) is 1.99. The van der Waals surface area contributed by atoms with Gasteiger partial charge in [0.15, 0.2) is 0 Å². The Bertz CT molecular complexity index is 193. The van der Waals surface area contributed by atoms with Crippen LogP contribution in [0.15, 0.2) is 5.10 Å². The smallest absolute Gasteiger partial charge is 0.121 e. The van der Waals surface area contributed by atoms with E-state index in [4.69, 9.17) is 4.74 Å². The Hall–Kier alpha value is -0.420. The van der Waals surface area contributed by atoms with Crippen molar-refractivity contribution in [1.29, 1.82) is 0 Å². The van der Waals surface area contributed by atoms with Crippen LogP contribution in [0.1, 0.15) is 6.92 Å². The Morgan fingerprint density at radius 3 is 3.27 bits per heavy atom. The fourth-order valence-corrected chi connectivity index (χ4v) is 2.05. The van der Waals surface area contributed by atoms with Crippen molar-refractivity contribution in [2.24, 2.45) is 5.10 Å². The van der Waals surface area contributed by atoms with E-state index in [0.717, 1.165) is 0 Å². The van der Waals surface area contributed by atoms with Crippen LogP contribution in [-0.4, -0.2) is 34.8 Å². The molecule has 0 bridgehead atoms. The molecular weight excluding hydrogens is 164 g/mol. The number of hydrogen-bond acceptors (Lipinski definition) is 4. The van der Waals surface area contributed by atoms with Gasteiger partial charge < -0.3 is 10.2 Å². The normalized spacial score (nSPS) is 30.9. The zero-order valence-corrected chi connectivity index (χ0v) is 7.48. The molecule has 1 heterocycles. The molecule has 0 aromatic carbocycles. The van der Waals surface area contributed by atoms with Gasteiger partial charge in [-0.25, -0.2) is 0 Å². The first-order valence-electron chi connectivity index (χ1n) is 3.42. The summed E-state index contributed by atoms with van der Waals surface area (Å²) in [7, 11) is 0.649. The predicted molar refractivity (Wildman–Crippen MR) is 44.9 cm³/mol. The summed E-state index contributed by atoms with van der Waals surface area (Å²) >= 11 is 0. The Morgan fingerprint density at radius 2 is 2.64 bits per heavy atom. The molecule has 0 spiro atoms. The molecule has 0 amide bonds. The lowest BCUT2D eigenvalue weighted by Crippen LogP contribution is -2.39. The van der Waals surface area contributed by atoms with Crippen molar-refractivity contribution in [3.05, 3.63) is 0 Å². The first-order valence-corrected chi connectivity index (χ1v) is 4.63. The van der Waals surface area contributed by atoms with Gasteiger partial charge in [0.1, 0.15) is 5.04 Å². The van der Waals surface area contributed by atoms with Crippen LogP contribution in [0.4, 0.5) is 0 Å². The minimum Gasteiger partial charge on any atom is -0.383 e. The van der Waals surface area contributed by atoms with Gasteiger partial charge in [0, 0.05) is 7.11 Å². The Morgan fingerprint density at radius 1 is 1.91 bits per heavy atom. The second-order valence-electron chi connectivity index (χ2n) is 2.37. The molecular formula is C6H12N2O2S. The molecule has 0 saturated heterocycles. The highest BCUT2D eigenvalue weighted by Crippen LogP contribution is 2.03. The van der Waals surface area contributed by atoms with E-state index in [1.807, 2.05) is 0 Å². The number of nitrogens with zero attached hydrogens (tertiary/aromatic N) is 1. The van der Waals surface area contributed by atoms with Crippen LogP contribution in [0.25, 0.3) is 0 Å². The fraction of sp³-hybridized carbons (Fsp3) is 0.833. The summed E-state index contributed by atoms with van der Waals surface area (Å²) in [4.78, 5) is 0. The summed E-state index contributed by atoms with van der Waals surface area (Å²) in [5, 5.41) is 4.56. The molecule has 1 aliphatic heterocycles. The molecule has 0 saturated carbocycles. The first-order chi connectivity index (χ1) is 5.25. The number of methoxy groups -OCH3 is 1. The standard InChI is InChI=1S/C6H12N2O2S/c1-5-8-7-3-6(4-10-2)11(5)9/h6-7H,3-4H2,1-2H3. The van der Waals surface area contributed by atoms with Crippen molar-refractivity contribution in [3.8, 4) is 0 Å². The minimum absolute atomic E-state index is 0.0532. The van der Waals surface area contributed by atoms with Gasteiger partial charge in [-0.2, -0.15) is 5.10 Å². The number of hydrogen-bond donors (Lipinski definition) is 1. The monoisotopic (exact) mass is 176 g/mol. The number of hydrazone groups is 1. The largest absolute Gasteiger partial charge is 0.383 e. The maximum absolute atomic E-state index is 11.4. The molecule has 1 rings (SSSR count). The Labute approximate surface area is 68.5 Å². The van der Waals surface area contributed by atoms with Crippen LogP contribution < -0.4 is 5.43 Å². The summed E-state index contributed by atoms with van der Waals surface area (Å²) in [5.41, 5.74) is 2.81. The summed E-state index contributed by atoms with van der Waals surface area (Å²) in [6, 6.07) is 0. The minimum atomic E-state index is -0.960. The van der Waals surface area contributed by atoms with Crippen LogP contribution in [0.5, 0.6) is 0 Å². The zero-order valence-electron chi connectivity index (χ0n) is 6.66. The van der Waals surface area contributed by atoms with Gasteiger partial charge in [0.2, 0.25) is 0 Å². The van der Waals surface area contributed by atoms with Gasteiger partial charge in [-0.3, -0.25) is 4.21 Å². The molecule has 0 aromatic heterocycles. The van der Waals surface area contributed by atoms with E-state index in [2.05, 4.69) is 10.5 Å². The molecule has 64 valence electrons. The Kier molecular flexibility index (Phi) is 3.02. The third-order valence-corrected chi connectivity index (χ3v) is 3.08. The lowest BCUT2D eigenvalue weighted by Gasteiger charge is -2.19. The highest BCUT2D eigenvalue weighted by molar-refractivity contribution is 8.01. The molecule has 4 nitrogen and oxygen atoms in total. The van der Waals surface area contributed by atoms with Gasteiger partial charge >= 0.3 is 0 Å². The third-order valence-electron chi connectivity index (χ3n) is 1.50. The van der Waals surface area contributed by atoms with Crippen molar-refractivity contribution in [1.82, 2.24) is 5.43 Å².